The van der Waals surface area contributed by atoms with E-state index >= 15 is 0 Å². The van der Waals surface area contributed by atoms with E-state index in [9.17, 15) is 37.9 Å². The van der Waals surface area contributed by atoms with E-state index in [4.69, 9.17) is 14.6 Å². The SMILES string of the molecule is CC(=O)NC1C(O)C(OS(=O)(=O)[O-])C(CO)O[C@H]1O[C@H]1C[C@@H](C(=O)O)N[C@@H]1CO.[Na+]. The second kappa shape index (κ2) is 11.4. The maximum absolute atomic E-state index is 11.5. The molecule has 30 heavy (non-hydrogen) atoms. The van der Waals surface area contributed by atoms with Gasteiger partial charge >= 0.3 is 35.5 Å². The average molecular weight is 466 g/mol. The third-order valence-electron chi connectivity index (χ3n) is 4.59. The van der Waals surface area contributed by atoms with Crippen LogP contribution in [0.25, 0.3) is 0 Å². The molecular weight excluding hydrogens is 443 g/mol. The standard InChI is InChI=1S/C14H24N2O12S.Na/c1-5(19)15-10-11(20)12(28-29(23,24)25)9(4-18)27-14(10)26-8-2-6(13(21)22)16-7(8)3-17;/h6-12,14,16-18,20H,2-4H2,1H3,(H,15,19)(H,21,22)(H,23,24,25);/q;+1/p-1/t6-,7+,8-,9?,10?,11?,12?,14+;/m0./s1. The monoisotopic (exact) mass is 466 g/mol. The number of rotatable bonds is 8. The summed E-state index contributed by atoms with van der Waals surface area (Å²) in [6, 6.07) is -3.26. The van der Waals surface area contributed by atoms with Crippen molar-refractivity contribution in [1.29, 1.82) is 0 Å². The minimum absolute atomic E-state index is 0. The molecule has 0 aromatic carbocycles. The number of carbonyl (C=O) groups is 2. The molecule has 2 fully saturated rings. The number of hydrogen-bond acceptors (Lipinski definition) is 12. The van der Waals surface area contributed by atoms with Gasteiger partial charge in [0.05, 0.1) is 25.4 Å². The summed E-state index contributed by atoms with van der Waals surface area (Å²) in [5.41, 5.74) is 0. The van der Waals surface area contributed by atoms with Crippen LogP contribution in [0, 0.1) is 0 Å². The van der Waals surface area contributed by atoms with Crippen molar-refractivity contribution in [3.05, 3.63) is 0 Å². The molecule has 4 unspecified atom stereocenters. The number of nitrogens with one attached hydrogen (secondary N) is 2. The van der Waals surface area contributed by atoms with Crippen molar-refractivity contribution >= 4 is 22.3 Å². The molecule has 14 nitrogen and oxygen atoms in total. The van der Waals surface area contributed by atoms with Crippen LogP contribution in [0.15, 0.2) is 0 Å². The topological polar surface area (TPSA) is 224 Å². The normalized spacial score (nSPS) is 36.7. The Bertz CT molecular complexity index is 709. The van der Waals surface area contributed by atoms with Crippen molar-refractivity contribution in [2.75, 3.05) is 13.2 Å². The number of carboxylic acids is 1. The van der Waals surface area contributed by atoms with Crippen LogP contribution in [0.5, 0.6) is 0 Å². The van der Waals surface area contributed by atoms with E-state index in [2.05, 4.69) is 14.8 Å². The summed E-state index contributed by atoms with van der Waals surface area (Å²) >= 11 is 0. The molecule has 0 radical (unpaired) electrons. The Morgan fingerprint density at radius 1 is 1.30 bits per heavy atom. The van der Waals surface area contributed by atoms with Crippen molar-refractivity contribution in [2.45, 2.75) is 62.2 Å². The molecular formula is C14H23N2NaO12S. The van der Waals surface area contributed by atoms with Crippen molar-refractivity contribution in [3.63, 3.8) is 0 Å². The van der Waals surface area contributed by atoms with Crippen LogP contribution in [0.2, 0.25) is 0 Å². The van der Waals surface area contributed by atoms with Gasteiger partial charge in [-0.05, 0) is 0 Å². The number of hydrogen-bond donors (Lipinski definition) is 6. The number of carboxylic acid groups (broad SMARTS) is 1. The van der Waals surface area contributed by atoms with Crippen LogP contribution >= 0.6 is 0 Å². The molecule has 0 aromatic heterocycles. The molecule has 2 rings (SSSR count). The van der Waals surface area contributed by atoms with Crippen LogP contribution in [-0.4, -0.2) is 107 Å². The van der Waals surface area contributed by atoms with Gasteiger partial charge in [-0.2, -0.15) is 0 Å². The molecule has 6 N–H and O–H groups in total. The molecule has 2 saturated heterocycles. The second-order valence-corrected chi connectivity index (χ2v) is 7.68. The summed E-state index contributed by atoms with van der Waals surface area (Å²) in [7, 11) is -5.28. The molecule has 2 aliphatic heterocycles. The van der Waals surface area contributed by atoms with Gasteiger partial charge in [0.2, 0.25) is 16.3 Å². The minimum Gasteiger partial charge on any atom is -0.726 e. The fourth-order valence-corrected chi connectivity index (χ4v) is 3.83. The Morgan fingerprint density at radius 3 is 2.40 bits per heavy atom. The van der Waals surface area contributed by atoms with E-state index < -0.39 is 84.3 Å². The number of aliphatic carboxylic acids is 1. The zero-order valence-electron chi connectivity index (χ0n) is 16.2. The molecule has 8 atom stereocenters. The van der Waals surface area contributed by atoms with Crippen molar-refractivity contribution in [2.24, 2.45) is 0 Å². The summed E-state index contributed by atoms with van der Waals surface area (Å²) in [6.45, 7) is -0.262. The first-order valence-electron chi connectivity index (χ1n) is 8.57. The molecule has 0 aromatic rings. The first kappa shape index (κ1) is 27.6. The first-order chi connectivity index (χ1) is 13.5. The largest absolute Gasteiger partial charge is 1.00 e. The van der Waals surface area contributed by atoms with Crippen LogP contribution in [0.1, 0.15) is 13.3 Å². The van der Waals surface area contributed by atoms with Gasteiger partial charge in [0, 0.05) is 13.3 Å². The Morgan fingerprint density at radius 2 is 1.93 bits per heavy atom. The van der Waals surface area contributed by atoms with Gasteiger partial charge in [0.1, 0.15) is 30.4 Å². The molecule has 16 heteroatoms. The minimum atomic E-state index is -5.28. The maximum Gasteiger partial charge on any atom is 1.00 e. The summed E-state index contributed by atoms with van der Waals surface area (Å²) in [4.78, 5) is 22.7. The van der Waals surface area contributed by atoms with Gasteiger partial charge < -0.3 is 39.8 Å². The zero-order valence-corrected chi connectivity index (χ0v) is 19.0. The summed E-state index contributed by atoms with van der Waals surface area (Å²) in [6.07, 6.45) is -7.66. The molecule has 0 aliphatic carbocycles. The van der Waals surface area contributed by atoms with E-state index in [-0.39, 0.29) is 36.0 Å². The molecule has 1 amide bonds. The van der Waals surface area contributed by atoms with E-state index in [1.807, 2.05) is 0 Å². The number of aliphatic hydroxyl groups excluding tert-OH is 3. The van der Waals surface area contributed by atoms with Crippen molar-refractivity contribution in [3.8, 4) is 0 Å². The Balaban J connectivity index is 0.00000450. The molecule has 0 bridgehead atoms. The zero-order chi connectivity index (χ0) is 21.9. The van der Waals surface area contributed by atoms with Gasteiger partial charge in [-0.25, -0.2) is 8.42 Å². The summed E-state index contributed by atoms with van der Waals surface area (Å²) in [5, 5.41) is 43.4. The Kier molecular flexibility index (Phi) is 10.5. The van der Waals surface area contributed by atoms with Crippen molar-refractivity contribution < 1.29 is 86.2 Å². The van der Waals surface area contributed by atoms with Gasteiger partial charge in [-0.1, -0.05) is 0 Å². The predicted molar refractivity (Wildman–Crippen MR) is 88.9 cm³/mol. The predicted octanol–water partition coefficient (Wildman–Crippen LogP) is -7.39. The Hall–Kier alpha value is -0.430. The van der Waals surface area contributed by atoms with E-state index in [0.29, 0.717) is 0 Å². The van der Waals surface area contributed by atoms with Gasteiger partial charge in [-0.15, -0.1) is 0 Å². The van der Waals surface area contributed by atoms with E-state index in [1.165, 1.54) is 0 Å². The fourth-order valence-electron chi connectivity index (χ4n) is 3.32. The van der Waals surface area contributed by atoms with Crippen LogP contribution in [-0.2, 0) is 33.6 Å². The van der Waals surface area contributed by atoms with E-state index in [0.717, 1.165) is 6.92 Å². The van der Waals surface area contributed by atoms with Crippen LogP contribution < -0.4 is 40.2 Å². The first-order valence-corrected chi connectivity index (χ1v) is 9.91. The van der Waals surface area contributed by atoms with Gasteiger partial charge in [0.15, 0.2) is 6.29 Å². The summed E-state index contributed by atoms with van der Waals surface area (Å²) in [5.74, 6) is -1.84. The molecule has 168 valence electrons. The fraction of sp³-hybridized carbons (Fsp3) is 0.857. The molecule has 0 saturated carbocycles. The average Bonchev–Trinajstić information content (AvgIpc) is 3.02. The Labute approximate surface area is 194 Å². The number of ether oxygens (including phenoxy) is 2. The molecule has 2 aliphatic rings. The van der Waals surface area contributed by atoms with Crippen molar-refractivity contribution in [1.82, 2.24) is 10.6 Å². The molecule has 2 heterocycles. The summed E-state index contributed by atoms with van der Waals surface area (Å²) < 4.78 is 48.1. The quantitative estimate of drug-likeness (QED) is 0.111. The van der Waals surface area contributed by atoms with E-state index in [1.54, 1.807) is 0 Å². The second-order valence-electron chi connectivity index (χ2n) is 6.67. The number of amides is 1. The molecule has 0 spiro atoms. The van der Waals surface area contributed by atoms with Crippen LogP contribution in [0.3, 0.4) is 0 Å². The number of aliphatic hydroxyl groups is 3. The van der Waals surface area contributed by atoms with Gasteiger partial charge in [0.25, 0.3) is 0 Å². The van der Waals surface area contributed by atoms with Gasteiger partial charge in [-0.3, -0.25) is 19.1 Å². The third-order valence-corrected chi connectivity index (χ3v) is 5.05. The number of carbonyl (C=O) groups excluding carboxylic acids is 1. The third kappa shape index (κ3) is 7.04. The smallest absolute Gasteiger partial charge is 0.726 e. The maximum atomic E-state index is 11.5. The van der Waals surface area contributed by atoms with Crippen LogP contribution in [0.4, 0.5) is 0 Å².